The first kappa shape index (κ1) is 20.1. The molecule has 0 spiro atoms. The molecule has 4 rings (SSSR count). The van der Waals surface area contributed by atoms with E-state index in [-0.39, 0.29) is 23.7 Å². The SMILES string of the molecule is O=C(NCc1cccnc1)C1CN(C(=O)c2ccccc2Cl)CC1c1ccccc1. The highest BCUT2D eigenvalue weighted by atomic mass is 35.5. The van der Waals surface area contributed by atoms with Gasteiger partial charge in [0.25, 0.3) is 5.91 Å². The Kier molecular flexibility index (Phi) is 6.10. The second-order valence-corrected chi connectivity index (χ2v) is 7.80. The van der Waals surface area contributed by atoms with Gasteiger partial charge in [0.2, 0.25) is 5.91 Å². The first-order chi connectivity index (χ1) is 14.6. The maximum absolute atomic E-state index is 13.1. The third kappa shape index (κ3) is 4.36. The number of carbonyl (C=O) groups is 2. The molecule has 2 amide bonds. The number of benzene rings is 2. The molecule has 2 aromatic carbocycles. The van der Waals surface area contributed by atoms with Gasteiger partial charge in [-0.1, -0.05) is 60.1 Å². The predicted molar refractivity (Wildman–Crippen MR) is 116 cm³/mol. The van der Waals surface area contributed by atoms with Crippen LogP contribution in [0.15, 0.2) is 79.1 Å². The number of hydrogen-bond acceptors (Lipinski definition) is 3. The van der Waals surface area contributed by atoms with E-state index in [0.717, 1.165) is 11.1 Å². The van der Waals surface area contributed by atoms with Crippen LogP contribution in [-0.4, -0.2) is 34.8 Å². The van der Waals surface area contributed by atoms with Crippen LogP contribution in [0.3, 0.4) is 0 Å². The van der Waals surface area contributed by atoms with E-state index in [0.29, 0.717) is 30.2 Å². The number of nitrogens with one attached hydrogen (secondary N) is 1. The number of aromatic nitrogens is 1. The van der Waals surface area contributed by atoms with Gasteiger partial charge in [-0.15, -0.1) is 0 Å². The van der Waals surface area contributed by atoms with E-state index >= 15 is 0 Å². The van der Waals surface area contributed by atoms with E-state index in [4.69, 9.17) is 11.6 Å². The number of halogens is 1. The lowest BCUT2D eigenvalue weighted by molar-refractivity contribution is -0.125. The summed E-state index contributed by atoms with van der Waals surface area (Å²) in [5, 5.41) is 3.43. The molecule has 0 saturated carbocycles. The summed E-state index contributed by atoms with van der Waals surface area (Å²) in [4.78, 5) is 32.0. The van der Waals surface area contributed by atoms with Gasteiger partial charge in [-0.05, 0) is 29.3 Å². The molecule has 1 aliphatic heterocycles. The van der Waals surface area contributed by atoms with Crippen LogP contribution >= 0.6 is 11.6 Å². The van der Waals surface area contributed by atoms with Gasteiger partial charge in [0.05, 0.1) is 16.5 Å². The Balaban J connectivity index is 1.54. The molecule has 2 heterocycles. The molecule has 1 fully saturated rings. The summed E-state index contributed by atoms with van der Waals surface area (Å²) in [6, 6.07) is 20.7. The van der Waals surface area contributed by atoms with Crippen LogP contribution in [0, 0.1) is 5.92 Å². The fourth-order valence-electron chi connectivity index (χ4n) is 3.90. The first-order valence-corrected chi connectivity index (χ1v) is 10.3. The van der Waals surface area contributed by atoms with Crippen LogP contribution in [0.1, 0.15) is 27.4 Å². The molecule has 2 atom stereocenters. The first-order valence-electron chi connectivity index (χ1n) is 9.89. The van der Waals surface area contributed by atoms with Gasteiger partial charge in [0.1, 0.15) is 0 Å². The normalized spacial score (nSPS) is 18.2. The van der Waals surface area contributed by atoms with Crippen molar-refractivity contribution in [1.29, 1.82) is 0 Å². The van der Waals surface area contributed by atoms with Crippen molar-refractivity contribution in [1.82, 2.24) is 15.2 Å². The van der Waals surface area contributed by atoms with Crippen molar-refractivity contribution in [2.75, 3.05) is 13.1 Å². The second-order valence-electron chi connectivity index (χ2n) is 7.39. The molecule has 1 N–H and O–H groups in total. The summed E-state index contributed by atoms with van der Waals surface area (Å²) in [6.07, 6.45) is 3.43. The van der Waals surface area contributed by atoms with Crippen LogP contribution < -0.4 is 5.32 Å². The van der Waals surface area contributed by atoms with Crippen molar-refractivity contribution in [3.63, 3.8) is 0 Å². The van der Waals surface area contributed by atoms with Crippen LogP contribution in [0.2, 0.25) is 5.02 Å². The third-order valence-corrected chi connectivity index (χ3v) is 5.79. The molecule has 2 unspecified atom stereocenters. The predicted octanol–water partition coefficient (Wildman–Crippen LogP) is 3.91. The van der Waals surface area contributed by atoms with Crippen molar-refractivity contribution >= 4 is 23.4 Å². The van der Waals surface area contributed by atoms with Gasteiger partial charge in [-0.25, -0.2) is 0 Å². The van der Waals surface area contributed by atoms with E-state index in [1.165, 1.54) is 0 Å². The van der Waals surface area contributed by atoms with Gasteiger partial charge >= 0.3 is 0 Å². The number of hydrogen-bond donors (Lipinski definition) is 1. The summed E-state index contributed by atoms with van der Waals surface area (Å²) < 4.78 is 0. The molecule has 5 nitrogen and oxygen atoms in total. The van der Waals surface area contributed by atoms with Gasteiger partial charge in [0, 0.05) is 37.9 Å². The average molecular weight is 420 g/mol. The Labute approximate surface area is 180 Å². The minimum Gasteiger partial charge on any atom is -0.352 e. The van der Waals surface area contributed by atoms with Crippen molar-refractivity contribution in [2.45, 2.75) is 12.5 Å². The maximum atomic E-state index is 13.1. The molecule has 1 saturated heterocycles. The second kappa shape index (κ2) is 9.09. The van der Waals surface area contributed by atoms with E-state index in [2.05, 4.69) is 10.3 Å². The lowest BCUT2D eigenvalue weighted by atomic mass is 9.88. The van der Waals surface area contributed by atoms with Gasteiger partial charge in [-0.3, -0.25) is 14.6 Å². The number of nitrogens with zero attached hydrogens (tertiary/aromatic N) is 2. The topological polar surface area (TPSA) is 62.3 Å². The molecule has 0 radical (unpaired) electrons. The lowest BCUT2D eigenvalue weighted by Gasteiger charge is -2.18. The van der Waals surface area contributed by atoms with E-state index in [9.17, 15) is 9.59 Å². The van der Waals surface area contributed by atoms with Crippen molar-refractivity contribution in [3.05, 3.63) is 101 Å². The maximum Gasteiger partial charge on any atom is 0.255 e. The smallest absolute Gasteiger partial charge is 0.255 e. The number of carbonyl (C=O) groups excluding carboxylic acids is 2. The Morgan fingerprint density at radius 1 is 1.00 bits per heavy atom. The van der Waals surface area contributed by atoms with Crippen LogP contribution in [0.5, 0.6) is 0 Å². The molecule has 152 valence electrons. The van der Waals surface area contributed by atoms with Gasteiger partial charge in [0.15, 0.2) is 0 Å². The molecule has 30 heavy (non-hydrogen) atoms. The fraction of sp³-hybridized carbons (Fsp3) is 0.208. The number of rotatable bonds is 5. The molecule has 0 bridgehead atoms. The summed E-state index contributed by atoms with van der Waals surface area (Å²) in [5.74, 6) is -0.631. The Morgan fingerprint density at radius 3 is 2.50 bits per heavy atom. The summed E-state index contributed by atoms with van der Waals surface area (Å²) in [5.41, 5.74) is 2.44. The standard InChI is InChI=1S/C24H22ClN3O2/c25-22-11-5-4-10-19(22)24(30)28-15-20(18-8-2-1-3-9-18)21(16-28)23(29)27-14-17-7-6-12-26-13-17/h1-13,20-21H,14-16H2,(H,27,29). The lowest BCUT2D eigenvalue weighted by Crippen LogP contribution is -2.35. The van der Waals surface area contributed by atoms with Crippen LogP contribution in [-0.2, 0) is 11.3 Å². The average Bonchev–Trinajstić information content (AvgIpc) is 3.24. The Morgan fingerprint density at radius 2 is 1.77 bits per heavy atom. The highest BCUT2D eigenvalue weighted by Gasteiger charge is 2.40. The number of pyridine rings is 1. The fourth-order valence-corrected chi connectivity index (χ4v) is 4.12. The zero-order valence-corrected chi connectivity index (χ0v) is 17.1. The minimum absolute atomic E-state index is 0.0674. The van der Waals surface area contributed by atoms with Crippen molar-refractivity contribution in [2.24, 2.45) is 5.92 Å². The highest BCUT2D eigenvalue weighted by molar-refractivity contribution is 6.33. The van der Waals surface area contributed by atoms with Crippen LogP contribution in [0.25, 0.3) is 0 Å². The Bertz CT molecular complexity index is 1030. The molecule has 0 aliphatic carbocycles. The summed E-state index contributed by atoms with van der Waals surface area (Å²) in [7, 11) is 0. The van der Waals surface area contributed by atoms with E-state index < -0.39 is 0 Å². The Hall–Kier alpha value is -3.18. The van der Waals surface area contributed by atoms with Gasteiger partial charge < -0.3 is 10.2 Å². The monoisotopic (exact) mass is 419 g/mol. The molecule has 1 aliphatic rings. The molecule has 6 heteroatoms. The minimum atomic E-state index is -0.337. The van der Waals surface area contributed by atoms with E-state index in [1.807, 2.05) is 42.5 Å². The quantitative estimate of drug-likeness (QED) is 0.682. The largest absolute Gasteiger partial charge is 0.352 e. The van der Waals surface area contributed by atoms with Crippen LogP contribution in [0.4, 0.5) is 0 Å². The highest BCUT2D eigenvalue weighted by Crippen LogP contribution is 2.34. The van der Waals surface area contributed by atoms with E-state index in [1.54, 1.807) is 41.6 Å². The summed E-state index contributed by atoms with van der Waals surface area (Å²) >= 11 is 6.23. The molecular formula is C24H22ClN3O2. The molecule has 3 aromatic rings. The van der Waals surface area contributed by atoms with Gasteiger partial charge in [-0.2, -0.15) is 0 Å². The summed E-state index contributed by atoms with van der Waals surface area (Å²) in [6.45, 7) is 1.23. The molecule has 1 aromatic heterocycles. The third-order valence-electron chi connectivity index (χ3n) is 5.47. The molecular weight excluding hydrogens is 398 g/mol. The zero-order valence-electron chi connectivity index (χ0n) is 16.4. The van der Waals surface area contributed by atoms with Crippen molar-refractivity contribution < 1.29 is 9.59 Å². The number of likely N-dealkylation sites (tertiary alicyclic amines) is 1. The van der Waals surface area contributed by atoms with Crippen molar-refractivity contribution in [3.8, 4) is 0 Å². The zero-order chi connectivity index (χ0) is 20.9. The number of amides is 2.